The Morgan fingerprint density at radius 2 is 1.07 bits per heavy atom. The third-order valence-electron chi connectivity index (χ3n) is 5.89. The highest BCUT2D eigenvalue weighted by Gasteiger charge is 2.53. The van der Waals surface area contributed by atoms with Crippen LogP contribution in [0.5, 0.6) is 0 Å². The van der Waals surface area contributed by atoms with Crippen LogP contribution in [0, 0.1) is 27.7 Å². The third kappa shape index (κ3) is 1.92. The van der Waals surface area contributed by atoms with Crippen molar-refractivity contribution < 1.29 is 14.2 Å². The quantitative estimate of drug-likeness (QED) is 0.476. The van der Waals surface area contributed by atoms with Crippen molar-refractivity contribution in [3.63, 3.8) is 0 Å². The molecule has 0 saturated heterocycles. The van der Waals surface area contributed by atoms with Gasteiger partial charge in [0, 0.05) is 16.4 Å². The fraction of sp³-hybridized carbons (Fsp3) is 0.167. The molecule has 0 unspecified atom stereocenters. The molecule has 4 heteroatoms. The van der Waals surface area contributed by atoms with Gasteiger partial charge in [-0.05, 0) is 61.1 Å². The number of hydrogen-bond acceptors (Lipinski definition) is 3. The van der Waals surface area contributed by atoms with Gasteiger partial charge in [0.2, 0.25) is 18.2 Å². The highest BCUT2D eigenvalue weighted by Crippen LogP contribution is 2.62. The molecule has 0 amide bonds. The average molecular weight is 386 g/mol. The molecule has 0 radical (unpaired) electrons. The molecule has 0 N–H and O–H groups in total. The number of rotatable bonds is 0. The Morgan fingerprint density at radius 1 is 0.643 bits per heavy atom. The van der Waals surface area contributed by atoms with Crippen molar-refractivity contribution in [2.45, 2.75) is 27.7 Å². The van der Waals surface area contributed by atoms with Crippen LogP contribution in [-0.4, -0.2) is 11.0 Å². The van der Waals surface area contributed by atoms with E-state index in [0.717, 1.165) is 44.5 Å². The molecule has 0 saturated carbocycles. The van der Waals surface area contributed by atoms with Crippen molar-refractivity contribution in [2.24, 2.45) is 0 Å². The Balaban J connectivity index is 2.02. The van der Waals surface area contributed by atoms with Gasteiger partial charge < -0.3 is 4.57 Å². The lowest BCUT2D eigenvalue weighted by atomic mass is 9.89. The Labute approximate surface area is 163 Å². The van der Waals surface area contributed by atoms with Gasteiger partial charge in [-0.15, -0.1) is 0 Å². The Morgan fingerprint density at radius 3 is 1.50 bits per heavy atom. The summed E-state index contributed by atoms with van der Waals surface area (Å²) in [6.45, 7) is 7.66. The van der Waals surface area contributed by atoms with Crippen LogP contribution in [0.2, 0.25) is 0 Å². The summed E-state index contributed by atoms with van der Waals surface area (Å²) in [6.07, 6.45) is 0. The van der Waals surface area contributed by atoms with Crippen LogP contribution in [0.15, 0.2) is 42.5 Å². The smallest absolute Gasteiger partial charge is 0.249 e. The molecule has 2 aliphatic rings. The molecular weight excluding hydrogens is 367 g/mol. The molecular formula is C24H19O3P. The summed E-state index contributed by atoms with van der Waals surface area (Å²) >= 11 is 0. The van der Waals surface area contributed by atoms with E-state index in [1.165, 1.54) is 0 Å². The maximum atomic E-state index is 14.3. The van der Waals surface area contributed by atoms with Gasteiger partial charge >= 0.3 is 0 Å². The van der Waals surface area contributed by atoms with Crippen LogP contribution in [0.4, 0.5) is 0 Å². The van der Waals surface area contributed by atoms with Gasteiger partial charge in [-0.1, -0.05) is 53.6 Å². The van der Waals surface area contributed by atoms with Crippen molar-refractivity contribution in [1.82, 2.24) is 0 Å². The first-order valence-corrected chi connectivity index (χ1v) is 11.0. The summed E-state index contributed by atoms with van der Waals surface area (Å²) in [7, 11) is -3.94. The fourth-order valence-electron chi connectivity index (χ4n) is 4.86. The number of carbonyl (C=O) groups is 2. The molecule has 0 bridgehead atoms. The molecule has 2 aliphatic heterocycles. The summed E-state index contributed by atoms with van der Waals surface area (Å²) in [5, 5.41) is 0.431. The molecule has 2 heterocycles. The van der Waals surface area contributed by atoms with Gasteiger partial charge in [-0.2, -0.15) is 0 Å². The van der Waals surface area contributed by atoms with Crippen LogP contribution in [-0.2, 0) is 4.57 Å². The molecule has 0 spiro atoms. The van der Waals surface area contributed by atoms with Crippen molar-refractivity contribution in [3.05, 3.63) is 75.8 Å². The van der Waals surface area contributed by atoms with Crippen LogP contribution in [0.1, 0.15) is 43.0 Å². The lowest BCUT2D eigenvalue weighted by molar-refractivity contribution is 0.104. The molecule has 3 nitrogen and oxygen atoms in total. The van der Waals surface area contributed by atoms with Crippen LogP contribution >= 0.6 is 7.14 Å². The molecule has 28 heavy (non-hydrogen) atoms. The molecule has 138 valence electrons. The summed E-state index contributed by atoms with van der Waals surface area (Å²) < 4.78 is 14.3. The molecule has 0 aromatic heterocycles. The van der Waals surface area contributed by atoms with Gasteiger partial charge in [0.15, 0.2) is 0 Å². The van der Waals surface area contributed by atoms with Crippen molar-refractivity contribution in [3.8, 4) is 22.3 Å². The molecule has 0 aliphatic carbocycles. The fourth-order valence-corrected chi connectivity index (χ4v) is 7.74. The summed E-state index contributed by atoms with van der Waals surface area (Å²) in [6, 6.07) is 13.4. The van der Waals surface area contributed by atoms with E-state index in [9.17, 15) is 14.2 Å². The number of carbonyl (C=O) groups excluding carboxylic acids is 2. The lowest BCUT2D eigenvalue weighted by Gasteiger charge is -2.33. The van der Waals surface area contributed by atoms with Gasteiger partial charge in [0.1, 0.15) is 0 Å². The van der Waals surface area contributed by atoms with Crippen molar-refractivity contribution >= 4 is 23.5 Å². The standard InChI is InChI=1S/C24H19O3P/c1-12-8-14(3)20-18(10-12)16-6-5-7-17-19-11-13(2)9-15(4)21(19)24(26)28(27,22(16)17)23(20)25/h5-11H,1-4H3. The van der Waals surface area contributed by atoms with Gasteiger partial charge in [0.25, 0.3) is 0 Å². The number of benzene rings is 3. The van der Waals surface area contributed by atoms with Gasteiger partial charge in [-0.3, -0.25) is 9.59 Å². The molecule has 0 atom stereocenters. The molecule has 3 aromatic rings. The van der Waals surface area contributed by atoms with E-state index in [1.807, 2.05) is 70.2 Å². The van der Waals surface area contributed by atoms with E-state index < -0.39 is 18.2 Å². The SMILES string of the molecule is Cc1cc(C)c2c(c1)-c1cccc3c1P(=O)(C2=O)C(=O)c1c(C)cc(C)cc1-3. The van der Waals surface area contributed by atoms with Crippen LogP contribution in [0.3, 0.4) is 0 Å². The third-order valence-corrected chi connectivity index (χ3v) is 8.59. The minimum Gasteiger partial charge on any atom is -0.302 e. The average Bonchev–Trinajstić information content (AvgIpc) is 2.63. The minimum atomic E-state index is -3.94. The van der Waals surface area contributed by atoms with E-state index in [1.54, 1.807) is 0 Å². The van der Waals surface area contributed by atoms with E-state index in [2.05, 4.69) is 0 Å². The number of aryl methyl sites for hydroxylation is 4. The van der Waals surface area contributed by atoms with E-state index in [0.29, 0.717) is 16.4 Å². The van der Waals surface area contributed by atoms with Gasteiger partial charge in [-0.25, -0.2) is 0 Å². The van der Waals surface area contributed by atoms with Gasteiger partial charge in [0.05, 0.1) is 0 Å². The molecule has 3 aromatic carbocycles. The lowest BCUT2D eigenvalue weighted by Crippen LogP contribution is -2.32. The second-order valence-electron chi connectivity index (χ2n) is 7.93. The second kappa shape index (κ2) is 5.40. The highest BCUT2D eigenvalue weighted by atomic mass is 31.2. The minimum absolute atomic E-state index is 0.431. The zero-order valence-corrected chi connectivity index (χ0v) is 17.1. The van der Waals surface area contributed by atoms with E-state index >= 15 is 0 Å². The maximum Gasteiger partial charge on any atom is 0.249 e. The van der Waals surface area contributed by atoms with E-state index in [4.69, 9.17) is 0 Å². The first-order chi connectivity index (χ1) is 13.2. The number of hydrogen-bond donors (Lipinski definition) is 0. The van der Waals surface area contributed by atoms with Crippen molar-refractivity contribution in [2.75, 3.05) is 0 Å². The zero-order valence-electron chi connectivity index (χ0n) is 16.2. The predicted molar refractivity (Wildman–Crippen MR) is 112 cm³/mol. The van der Waals surface area contributed by atoms with Crippen molar-refractivity contribution in [1.29, 1.82) is 0 Å². The Hall–Kier alpha value is -2.77. The second-order valence-corrected chi connectivity index (χ2v) is 10.4. The zero-order chi connectivity index (χ0) is 20.0. The largest absolute Gasteiger partial charge is 0.302 e. The number of fused-ring (bicyclic) bond motifs is 4. The van der Waals surface area contributed by atoms with Crippen LogP contribution < -0.4 is 5.30 Å². The van der Waals surface area contributed by atoms with Crippen LogP contribution in [0.25, 0.3) is 22.3 Å². The molecule has 0 fully saturated rings. The first kappa shape index (κ1) is 17.3. The maximum absolute atomic E-state index is 14.3. The first-order valence-electron chi connectivity index (χ1n) is 9.32. The predicted octanol–water partition coefficient (Wildman–Crippen LogP) is 5.55. The topological polar surface area (TPSA) is 51.2 Å². The summed E-state index contributed by atoms with van der Waals surface area (Å²) in [4.78, 5) is 27.1. The monoisotopic (exact) mass is 386 g/mol. The molecule has 5 rings (SSSR count). The normalized spacial score (nSPS) is 15.7. The Kier molecular flexibility index (Phi) is 3.34. The van der Waals surface area contributed by atoms with E-state index in [-0.39, 0.29) is 0 Å². The summed E-state index contributed by atoms with van der Waals surface area (Å²) in [5.41, 5.74) is 6.50. The Bertz CT molecular complexity index is 1220. The highest BCUT2D eigenvalue weighted by molar-refractivity contribution is 8.01. The summed E-state index contributed by atoms with van der Waals surface area (Å²) in [5.74, 6) is 0.